The Balaban J connectivity index is 1.12. The van der Waals surface area contributed by atoms with Crippen LogP contribution in [0.4, 0.5) is 11.5 Å². The maximum absolute atomic E-state index is 13.0. The number of ether oxygens (including phenoxy) is 1. The number of anilines is 2. The Morgan fingerprint density at radius 2 is 2.12 bits per heavy atom. The Hall–Kier alpha value is -2.75. The number of pyridine rings is 2. The van der Waals surface area contributed by atoms with E-state index < -0.39 is 0 Å². The van der Waals surface area contributed by atoms with Gasteiger partial charge >= 0.3 is 0 Å². The molecular formula is C24H28N6O2S. The van der Waals surface area contributed by atoms with E-state index in [0.29, 0.717) is 17.2 Å². The minimum Gasteiger partial charge on any atom is -0.397 e. The summed E-state index contributed by atoms with van der Waals surface area (Å²) < 4.78 is 5.93. The summed E-state index contributed by atoms with van der Waals surface area (Å²) in [5, 5.41) is 4.03. The number of carbonyl (C=O) groups is 1. The van der Waals surface area contributed by atoms with Crippen molar-refractivity contribution < 1.29 is 9.53 Å². The zero-order chi connectivity index (χ0) is 22.7. The Morgan fingerprint density at radius 1 is 1.27 bits per heavy atom. The van der Waals surface area contributed by atoms with Gasteiger partial charge in [-0.3, -0.25) is 4.79 Å². The lowest BCUT2D eigenvalue weighted by Gasteiger charge is -2.48. The number of carbonyl (C=O) groups excluding carboxylic acids is 1. The molecule has 33 heavy (non-hydrogen) atoms. The fourth-order valence-corrected chi connectivity index (χ4v) is 6.36. The van der Waals surface area contributed by atoms with Gasteiger partial charge in [-0.2, -0.15) is 0 Å². The first kappa shape index (κ1) is 20.8. The van der Waals surface area contributed by atoms with Gasteiger partial charge in [-0.05, 0) is 56.4 Å². The van der Waals surface area contributed by atoms with Crippen LogP contribution < -0.4 is 21.7 Å². The molecule has 3 aromatic heterocycles. The molecule has 9 heteroatoms. The molecule has 0 unspecified atom stereocenters. The minimum atomic E-state index is -0.119. The smallest absolute Gasteiger partial charge is 0.263 e. The number of hydrogen-bond donors (Lipinski definition) is 3. The Morgan fingerprint density at radius 3 is 2.91 bits per heavy atom. The standard InChI is InChI=1S/C24H28N6O2S/c1-13-2-5-17-20(26)21(33-23(17)27-13)22(31)28-16-4-6-18-14(8-16)3-7-19(29-18)30-11-24(12-30)9-15(25)10-32-24/h2-3,5,7,15-16H,4,6,8-12,25-26H2,1H3,(H,28,31)/t15-,16+/m1/s1. The topological polar surface area (TPSA) is 119 Å². The first-order valence-electron chi connectivity index (χ1n) is 11.5. The molecule has 2 atom stereocenters. The van der Waals surface area contributed by atoms with Gasteiger partial charge in [0.25, 0.3) is 5.91 Å². The monoisotopic (exact) mass is 464 g/mol. The van der Waals surface area contributed by atoms with Crippen LogP contribution in [-0.2, 0) is 17.6 Å². The third kappa shape index (κ3) is 3.64. The summed E-state index contributed by atoms with van der Waals surface area (Å²) in [6.45, 7) is 4.31. The molecule has 1 spiro atoms. The van der Waals surface area contributed by atoms with Crippen LogP contribution >= 0.6 is 11.3 Å². The molecule has 5 heterocycles. The van der Waals surface area contributed by atoms with Crippen molar-refractivity contribution in [1.82, 2.24) is 15.3 Å². The molecule has 0 saturated carbocycles. The molecular weight excluding hydrogens is 436 g/mol. The van der Waals surface area contributed by atoms with E-state index in [0.717, 1.165) is 66.2 Å². The number of aryl methyl sites for hydroxylation is 2. The zero-order valence-electron chi connectivity index (χ0n) is 18.6. The highest BCUT2D eigenvalue weighted by molar-refractivity contribution is 7.21. The van der Waals surface area contributed by atoms with Crippen LogP contribution in [0.5, 0.6) is 0 Å². The van der Waals surface area contributed by atoms with Crippen molar-refractivity contribution in [3.05, 3.63) is 46.1 Å². The van der Waals surface area contributed by atoms with Crippen molar-refractivity contribution in [3.8, 4) is 0 Å². The number of rotatable bonds is 3. The first-order valence-corrected chi connectivity index (χ1v) is 12.3. The average molecular weight is 465 g/mol. The van der Waals surface area contributed by atoms with Gasteiger partial charge in [-0.15, -0.1) is 11.3 Å². The minimum absolute atomic E-state index is 0.0672. The van der Waals surface area contributed by atoms with Crippen LogP contribution in [0.1, 0.15) is 39.5 Å². The van der Waals surface area contributed by atoms with Crippen molar-refractivity contribution in [2.45, 2.75) is 50.3 Å². The van der Waals surface area contributed by atoms with E-state index in [-0.39, 0.29) is 23.6 Å². The van der Waals surface area contributed by atoms with Gasteiger partial charge in [-0.25, -0.2) is 9.97 Å². The average Bonchev–Trinajstić information content (AvgIpc) is 3.32. The lowest BCUT2D eigenvalue weighted by Crippen LogP contribution is -2.62. The number of nitrogen functional groups attached to an aromatic ring is 1. The number of nitrogens with zero attached hydrogens (tertiary/aromatic N) is 3. The fraction of sp³-hybridized carbons (Fsp3) is 0.458. The second-order valence-corrected chi connectivity index (χ2v) is 10.7. The quantitative estimate of drug-likeness (QED) is 0.543. The van der Waals surface area contributed by atoms with E-state index in [1.165, 1.54) is 16.9 Å². The van der Waals surface area contributed by atoms with Gasteiger partial charge in [0.1, 0.15) is 21.1 Å². The van der Waals surface area contributed by atoms with Crippen molar-refractivity contribution in [3.63, 3.8) is 0 Å². The molecule has 2 fully saturated rings. The van der Waals surface area contributed by atoms with Crippen molar-refractivity contribution in [1.29, 1.82) is 0 Å². The number of nitrogens with one attached hydrogen (secondary N) is 1. The fourth-order valence-electron chi connectivity index (χ4n) is 5.32. The molecule has 3 aliphatic rings. The predicted molar refractivity (Wildman–Crippen MR) is 130 cm³/mol. The molecule has 3 aromatic rings. The van der Waals surface area contributed by atoms with Gasteiger partial charge in [0, 0.05) is 28.9 Å². The van der Waals surface area contributed by atoms with Crippen LogP contribution in [0, 0.1) is 6.92 Å². The molecule has 2 aliphatic heterocycles. The highest BCUT2D eigenvalue weighted by atomic mass is 32.1. The number of fused-ring (bicyclic) bond motifs is 2. The number of amides is 1. The summed E-state index contributed by atoms with van der Waals surface area (Å²) in [6, 6.07) is 8.32. The Kier molecular flexibility index (Phi) is 4.83. The van der Waals surface area contributed by atoms with E-state index in [1.54, 1.807) is 0 Å². The van der Waals surface area contributed by atoms with Crippen LogP contribution in [-0.4, -0.2) is 53.3 Å². The van der Waals surface area contributed by atoms with E-state index in [2.05, 4.69) is 27.3 Å². The molecule has 5 N–H and O–H groups in total. The second-order valence-electron chi connectivity index (χ2n) is 9.65. The third-order valence-electron chi connectivity index (χ3n) is 7.04. The molecule has 1 aliphatic carbocycles. The summed E-state index contributed by atoms with van der Waals surface area (Å²) in [5.41, 5.74) is 16.0. The van der Waals surface area contributed by atoms with Gasteiger partial charge in [0.05, 0.1) is 25.4 Å². The highest BCUT2D eigenvalue weighted by Crippen LogP contribution is 2.37. The van der Waals surface area contributed by atoms with Gasteiger partial charge in [-0.1, -0.05) is 6.07 Å². The van der Waals surface area contributed by atoms with Crippen molar-refractivity contribution in [2.75, 3.05) is 30.3 Å². The molecule has 0 aromatic carbocycles. The predicted octanol–water partition coefficient (Wildman–Crippen LogP) is 2.18. The molecule has 172 valence electrons. The summed E-state index contributed by atoms with van der Waals surface area (Å²) in [4.78, 5) is 26.0. The highest BCUT2D eigenvalue weighted by Gasteiger charge is 2.49. The zero-order valence-corrected chi connectivity index (χ0v) is 19.5. The molecule has 2 saturated heterocycles. The van der Waals surface area contributed by atoms with Crippen LogP contribution in [0.15, 0.2) is 24.3 Å². The van der Waals surface area contributed by atoms with Crippen LogP contribution in [0.2, 0.25) is 0 Å². The number of nitrogens with two attached hydrogens (primary N) is 2. The van der Waals surface area contributed by atoms with Gasteiger partial charge in [0.2, 0.25) is 0 Å². The summed E-state index contributed by atoms with van der Waals surface area (Å²) in [7, 11) is 0. The molecule has 6 rings (SSSR count). The maximum Gasteiger partial charge on any atom is 0.263 e. The van der Waals surface area contributed by atoms with E-state index in [1.807, 2.05) is 19.1 Å². The molecule has 8 nitrogen and oxygen atoms in total. The largest absolute Gasteiger partial charge is 0.397 e. The van der Waals surface area contributed by atoms with E-state index >= 15 is 0 Å². The Bertz CT molecular complexity index is 1250. The molecule has 1 amide bonds. The van der Waals surface area contributed by atoms with Crippen LogP contribution in [0.3, 0.4) is 0 Å². The van der Waals surface area contributed by atoms with E-state index in [4.69, 9.17) is 21.2 Å². The number of thiophene rings is 1. The number of aromatic nitrogens is 2. The molecule has 0 radical (unpaired) electrons. The molecule has 0 bridgehead atoms. The Labute approximate surface area is 196 Å². The lowest BCUT2D eigenvalue weighted by atomic mass is 9.89. The number of hydrogen-bond acceptors (Lipinski definition) is 8. The van der Waals surface area contributed by atoms with Crippen molar-refractivity contribution in [2.24, 2.45) is 5.73 Å². The summed E-state index contributed by atoms with van der Waals surface area (Å²) in [5.74, 6) is 0.888. The maximum atomic E-state index is 13.0. The third-order valence-corrected chi connectivity index (χ3v) is 8.16. The van der Waals surface area contributed by atoms with Gasteiger partial charge < -0.3 is 26.4 Å². The van der Waals surface area contributed by atoms with Gasteiger partial charge in [0.15, 0.2) is 0 Å². The first-order chi connectivity index (χ1) is 15.9. The normalized spacial score (nSPS) is 23.5. The summed E-state index contributed by atoms with van der Waals surface area (Å²) in [6.07, 6.45) is 3.41. The second kappa shape index (κ2) is 7.65. The van der Waals surface area contributed by atoms with Crippen molar-refractivity contribution >= 4 is 39.0 Å². The van der Waals surface area contributed by atoms with Crippen LogP contribution in [0.25, 0.3) is 10.2 Å². The summed E-state index contributed by atoms with van der Waals surface area (Å²) >= 11 is 1.36. The lowest BCUT2D eigenvalue weighted by molar-refractivity contribution is -0.0186. The van der Waals surface area contributed by atoms with E-state index in [9.17, 15) is 4.79 Å². The SMILES string of the molecule is Cc1ccc2c(N)c(C(=O)N[C@H]3CCc4nc(N5CC6(C[C@@H](N)CO6)C5)ccc4C3)sc2n1.